The maximum atomic E-state index is 11.9. The number of carbonyl (C=O) groups excluding carboxylic acids is 1. The van der Waals surface area contributed by atoms with Crippen LogP contribution in [-0.2, 0) is 4.79 Å². The van der Waals surface area contributed by atoms with Crippen LogP contribution < -0.4 is 0 Å². The van der Waals surface area contributed by atoms with Gasteiger partial charge in [0.2, 0.25) is 5.91 Å². The standard InChI is InChI=1S/C15H26N2O/c1-3-9-17-12-8-14(4-5-15(17)18)16-10-6-13(2)7-11-16/h3,13-14H,1,4-12H2,2H3/t14-/m0/s1. The number of hydrogen-bond acceptors (Lipinski definition) is 2. The van der Waals surface area contributed by atoms with Crippen LogP contribution in [0.4, 0.5) is 0 Å². The highest BCUT2D eigenvalue weighted by Crippen LogP contribution is 2.23. The van der Waals surface area contributed by atoms with Crippen LogP contribution in [-0.4, -0.2) is 47.9 Å². The summed E-state index contributed by atoms with van der Waals surface area (Å²) in [5.41, 5.74) is 0. The van der Waals surface area contributed by atoms with Crippen molar-refractivity contribution in [3.05, 3.63) is 12.7 Å². The lowest BCUT2D eigenvalue weighted by Crippen LogP contribution is -2.41. The molecule has 0 aromatic rings. The first-order chi connectivity index (χ1) is 8.70. The maximum Gasteiger partial charge on any atom is 0.222 e. The molecule has 0 saturated carbocycles. The summed E-state index contributed by atoms with van der Waals surface area (Å²) in [6, 6.07) is 0.622. The molecule has 18 heavy (non-hydrogen) atoms. The molecule has 2 aliphatic heterocycles. The van der Waals surface area contributed by atoms with E-state index in [1.807, 2.05) is 11.0 Å². The lowest BCUT2D eigenvalue weighted by atomic mass is 9.96. The maximum absolute atomic E-state index is 11.9. The molecule has 2 aliphatic rings. The molecule has 0 N–H and O–H groups in total. The molecule has 0 bridgehead atoms. The first kappa shape index (κ1) is 13.6. The van der Waals surface area contributed by atoms with Gasteiger partial charge in [0.15, 0.2) is 0 Å². The Morgan fingerprint density at radius 1 is 1.22 bits per heavy atom. The molecule has 0 aromatic carbocycles. The highest BCUT2D eigenvalue weighted by atomic mass is 16.2. The molecular weight excluding hydrogens is 224 g/mol. The van der Waals surface area contributed by atoms with E-state index >= 15 is 0 Å². The Balaban J connectivity index is 1.88. The molecule has 3 heteroatoms. The van der Waals surface area contributed by atoms with Gasteiger partial charge in [0.25, 0.3) is 0 Å². The molecule has 102 valence electrons. The Morgan fingerprint density at radius 3 is 2.61 bits per heavy atom. The summed E-state index contributed by atoms with van der Waals surface area (Å²) in [7, 11) is 0. The minimum atomic E-state index is 0.308. The number of carbonyl (C=O) groups is 1. The lowest BCUT2D eigenvalue weighted by Gasteiger charge is -2.36. The van der Waals surface area contributed by atoms with Gasteiger partial charge in [0.05, 0.1) is 0 Å². The van der Waals surface area contributed by atoms with E-state index in [2.05, 4.69) is 18.4 Å². The lowest BCUT2D eigenvalue weighted by molar-refractivity contribution is -0.130. The van der Waals surface area contributed by atoms with Gasteiger partial charge in [-0.3, -0.25) is 4.79 Å². The second kappa shape index (κ2) is 6.37. The van der Waals surface area contributed by atoms with Crippen LogP contribution in [0.3, 0.4) is 0 Å². The van der Waals surface area contributed by atoms with Crippen molar-refractivity contribution in [3.8, 4) is 0 Å². The van der Waals surface area contributed by atoms with Crippen LogP contribution in [0.2, 0.25) is 0 Å². The van der Waals surface area contributed by atoms with E-state index in [4.69, 9.17) is 0 Å². The van der Waals surface area contributed by atoms with Crippen molar-refractivity contribution in [1.29, 1.82) is 0 Å². The molecule has 1 amide bonds. The summed E-state index contributed by atoms with van der Waals surface area (Å²) in [4.78, 5) is 16.5. The molecular formula is C15H26N2O. The number of piperidine rings is 1. The van der Waals surface area contributed by atoms with Gasteiger partial charge in [0, 0.05) is 25.6 Å². The molecule has 0 unspecified atom stereocenters. The van der Waals surface area contributed by atoms with E-state index in [9.17, 15) is 4.79 Å². The van der Waals surface area contributed by atoms with Crippen molar-refractivity contribution in [2.24, 2.45) is 5.92 Å². The SMILES string of the molecule is C=CCN1CC[C@@H](N2CCC(C)CC2)CCC1=O. The zero-order valence-electron chi connectivity index (χ0n) is 11.6. The molecule has 0 radical (unpaired) electrons. The number of nitrogens with zero attached hydrogens (tertiary/aromatic N) is 2. The predicted molar refractivity (Wildman–Crippen MR) is 74.4 cm³/mol. The third-order valence-corrected chi connectivity index (χ3v) is 4.46. The molecule has 2 fully saturated rings. The first-order valence-corrected chi connectivity index (χ1v) is 7.33. The Labute approximate surface area is 111 Å². The van der Waals surface area contributed by atoms with Crippen LogP contribution in [0, 0.1) is 5.92 Å². The Kier molecular flexibility index (Phi) is 4.81. The van der Waals surface area contributed by atoms with Crippen molar-refractivity contribution in [2.45, 2.75) is 45.1 Å². The summed E-state index contributed by atoms with van der Waals surface area (Å²) in [5.74, 6) is 1.19. The van der Waals surface area contributed by atoms with E-state index in [1.165, 1.54) is 25.9 Å². The molecule has 0 spiro atoms. The van der Waals surface area contributed by atoms with Gasteiger partial charge in [0.1, 0.15) is 0 Å². The average molecular weight is 250 g/mol. The summed E-state index contributed by atoms with van der Waals surface area (Å²) in [5, 5.41) is 0. The van der Waals surface area contributed by atoms with Crippen molar-refractivity contribution < 1.29 is 4.79 Å². The predicted octanol–water partition coefficient (Wildman–Crippen LogP) is 2.29. The van der Waals surface area contributed by atoms with E-state index < -0.39 is 0 Å². The summed E-state index contributed by atoms with van der Waals surface area (Å²) >= 11 is 0. The molecule has 2 heterocycles. The molecule has 0 aromatic heterocycles. The van der Waals surface area contributed by atoms with Crippen LogP contribution >= 0.6 is 0 Å². The van der Waals surface area contributed by atoms with Crippen LogP contribution in [0.15, 0.2) is 12.7 Å². The fraction of sp³-hybridized carbons (Fsp3) is 0.800. The van der Waals surface area contributed by atoms with Crippen molar-refractivity contribution in [2.75, 3.05) is 26.2 Å². The second-order valence-electron chi connectivity index (χ2n) is 5.83. The third kappa shape index (κ3) is 3.35. The summed E-state index contributed by atoms with van der Waals surface area (Å²) in [6.45, 7) is 10.1. The number of amides is 1. The highest BCUT2D eigenvalue weighted by molar-refractivity contribution is 5.76. The van der Waals surface area contributed by atoms with Gasteiger partial charge >= 0.3 is 0 Å². The average Bonchev–Trinajstić information content (AvgIpc) is 2.55. The van der Waals surface area contributed by atoms with Crippen LogP contribution in [0.1, 0.15) is 39.0 Å². The van der Waals surface area contributed by atoms with Gasteiger partial charge in [-0.25, -0.2) is 0 Å². The Bertz CT molecular complexity index is 295. The van der Waals surface area contributed by atoms with E-state index in [0.717, 1.165) is 25.3 Å². The monoisotopic (exact) mass is 250 g/mol. The normalized spacial score (nSPS) is 28.2. The smallest absolute Gasteiger partial charge is 0.222 e. The summed E-state index contributed by atoms with van der Waals surface area (Å²) in [6.07, 6.45) is 7.36. The molecule has 0 aliphatic carbocycles. The van der Waals surface area contributed by atoms with E-state index in [1.54, 1.807) is 0 Å². The number of rotatable bonds is 3. The number of hydrogen-bond donors (Lipinski definition) is 0. The molecule has 2 rings (SSSR count). The van der Waals surface area contributed by atoms with Crippen LogP contribution in [0.5, 0.6) is 0 Å². The highest BCUT2D eigenvalue weighted by Gasteiger charge is 2.27. The first-order valence-electron chi connectivity index (χ1n) is 7.33. The molecule has 3 nitrogen and oxygen atoms in total. The van der Waals surface area contributed by atoms with E-state index in [-0.39, 0.29) is 0 Å². The van der Waals surface area contributed by atoms with Gasteiger partial charge in [-0.05, 0) is 44.7 Å². The minimum absolute atomic E-state index is 0.308. The minimum Gasteiger partial charge on any atom is -0.339 e. The van der Waals surface area contributed by atoms with Crippen LogP contribution in [0.25, 0.3) is 0 Å². The second-order valence-corrected chi connectivity index (χ2v) is 5.83. The summed E-state index contributed by atoms with van der Waals surface area (Å²) < 4.78 is 0. The number of likely N-dealkylation sites (tertiary alicyclic amines) is 2. The third-order valence-electron chi connectivity index (χ3n) is 4.46. The topological polar surface area (TPSA) is 23.6 Å². The Morgan fingerprint density at radius 2 is 1.94 bits per heavy atom. The van der Waals surface area contributed by atoms with Crippen molar-refractivity contribution in [1.82, 2.24) is 9.80 Å². The molecule has 2 saturated heterocycles. The fourth-order valence-electron chi connectivity index (χ4n) is 3.13. The van der Waals surface area contributed by atoms with Gasteiger partial charge in [-0.1, -0.05) is 13.0 Å². The fourth-order valence-corrected chi connectivity index (χ4v) is 3.13. The van der Waals surface area contributed by atoms with Gasteiger partial charge < -0.3 is 9.80 Å². The van der Waals surface area contributed by atoms with Crippen molar-refractivity contribution in [3.63, 3.8) is 0 Å². The zero-order valence-corrected chi connectivity index (χ0v) is 11.6. The van der Waals surface area contributed by atoms with Crippen molar-refractivity contribution >= 4 is 5.91 Å². The quantitative estimate of drug-likeness (QED) is 0.718. The Hall–Kier alpha value is -0.830. The molecule has 1 atom stereocenters. The van der Waals surface area contributed by atoms with Gasteiger partial charge in [-0.15, -0.1) is 6.58 Å². The van der Waals surface area contributed by atoms with E-state index in [0.29, 0.717) is 24.9 Å². The van der Waals surface area contributed by atoms with Gasteiger partial charge in [-0.2, -0.15) is 0 Å². The largest absolute Gasteiger partial charge is 0.339 e. The zero-order chi connectivity index (χ0) is 13.0.